The number of nitrogens with one attached hydrogen (secondary N) is 1. The molecule has 0 radical (unpaired) electrons. The number of hydrogen-bond donors (Lipinski definition) is 1. The molecule has 2 rings (SSSR count). The first kappa shape index (κ1) is 14.9. The van der Waals surface area contributed by atoms with Crippen molar-refractivity contribution in [2.24, 2.45) is 0 Å². The molecule has 0 saturated carbocycles. The van der Waals surface area contributed by atoms with Gasteiger partial charge in [-0.1, -0.05) is 30.3 Å². The van der Waals surface area contributed by atoms with Gasteiger partial charge in [-0.3, -0.25) is 9.36 Å². The summed E-state index contributed by atoms with van der Waals surface area (Å²) in [6.45, 7) is 2.57. The summed E-state index contributed by atoms with van der Waals surface area (Å²) in [5.74, 6) is 0.209. The van der Waals surface area contributed by atoms with Crippen molar-refractivity contribution in [2.75, 3.05) is 5.75 Å². The number of thioether (sulfide) groups is 1. The van der Waals surface area contributed by atoms with E-state index < -0.39 is 0 Å². The molecule has 0 spiro atoms. The maximum atomic E-state index is 12.0. The first-order valence-corrected chi connectivity index (χ1v) is 7.55. The molecule has 5 nitrogen and oxygen atoms in total. The summed E-state index contributed by atoms with van der Waals surface area (Å²) >= 11 is 7.03. The summed E-state index contributed by atoms with van der Waals surface area (Å²) in [5, 5.41) is 7.47. The van der Waals surface area contributed by atoms with Gasteiger partial charge in [0, 0.05) is 17.1 Å². The zero-order valence-electron chi connectivity index (χ0n) is 10.9. The number of nitrogens with zero attached hydrogens (tertiary/aromatic N) is 2. The van der Waals surface area contributed by atoms with Crippen LogP contribution in [-0.2, 0) is 6.54 Å². The van der Waals surface area contributed by atoms with Crippen molar-refractivity contribution in [3.63, 3.8) is 0 Å². The Kier molecular flexibility index (Phi) is 5.03. The third kappa shape index (κ3) is 3.52. The predicted molar refractivity (Wildman–Crippen MR) is 79.6 cm³/mol. The highest BCUT2D eigenvalue weighted by Gasteiger charge is 2.12. The molecule has 1 aromatic carbocycles. The van der Waals surface area contributed by atoms with E-state index in [1.165, 1.54) is 11.8 Å². The van der Waals surface area contributed by atoms with E-state index in [9.17, 15) is 9.59 Å². The molecule has 0 aliphatic rings. The Bertz CT molecular complexity index is 648. The van der Waals surface area contributed by atoms with Crippen LogP contribution in [0.25, 0.3) is 0 Å². The van der Waals surface area contributed by atoms with E-state index >= 15 is 0 Å². The fourth-order valence-electron chi connectivity index (χ4n) is 1.68. The van der Waals surface area contributed by atoms with E-state index in [-0.39, 0.29) is 17.2 Å². The van der Waals surface area contributed by atoms with Gasteiger partial charge in [0.2, 0.25) is 0 Å². The first-order chi connectivity index (χ1) is 9.61. The minimum absolute atomic E-state index is 0.0230. The van der Waals surface area contributed by atoms with Gasteiger partial charge in [-0.25, -0.2) is 9.89 Å². The highest BCUT2D eigenvalue weighted by Crippen LogP contribution is 2.17. The standard InChI is InChI=1S/C13H14ClN3O2S/c1-2-7-17-12(19)15-16-13(17)20-8-11(18)9-3-5-10(14)6-4-9/h3-6H,2,7-8H2,1H3,(H,15,19). The van der Waals surface area contributed by atoms with Gasteiger partial charge in [-0.2, -0.15) is 0 Å². The second-order valence-corrected chi connectivity index (χ2v) is 5.56. The molecule has 106 valence electrons. The topological polar surface area (TPSA) is 67.8 Å². The maximum absolute atomic E-state index is 12.0. The van der Waals surface area contributed by atoms with Crippen LogP contribution < -0.4 is 5.69 Å². The quantitative estimate of drug-likeness (QED) is 0.658. The molecule has 1 aromatic heterocycles. The summed E-state index contributed by atoms with van der Waals surface area (Å²) in [5.41, 5.74) is 0.357. The molecule has 1 N–H and O–H groups in total. The van der Waals surface area contributed by atoms with Gasteiger partial charge in [0.25, 0.3) is 0 Å². The van der Waals surface area contributed by atoms with Crippen molar-refractivity contribution in [3.05, 3.63) is 45.3 Å². The van der Waals surface area contributed by atoms with Gasteiger partial charge < -0.3 is 0 Å². The van der Waals surface area contributed by atoms with Crippen LogP contribution in [0.2, 0.25) is 5.02 Å². The summed E-state index contributed by atoms with van der Waals surface area (Å²) < 4.78 is 1.54. The monoisotopic (exact) mass is 311 g/mol. The number of rotatable bonds is 6. The minimum atomic E-state index is -0.242. The zero-order chi connectivity index (χ0) is 14.5. The molecular weight excluding hydrogens is 298 g/mol. The largest absolute Gasteiger partial charge is 0.343 e. The van der Waals surface area contributed by atoms with Crippen LogP contribution in [0.15, 0.2) is 34.2 Å². The lowest BCUT2D eigenvalue weighted by atomic mass is 10.1. The lowest BCUT2D eigenvalue weighted by Crippen LogP contribution is -2.17. The number of carbonyl (C=O) groups excluding carboxylic acids is 1. The molecule has 0 aliphatic heterocycles. The Morgan fingerprint density at radius 1 is 1.40 bits per heavy atom. The maximum Gasteiger partial charge on any atom is 0.343 e. The second-order valence-electron chi connectivity index (χ2n) is 4.18. The molecule has 0 atom stereocenters. The zero-order valence-corrected chi connectivity index (χ0v) is 12.5. The molecule has 0 aliphatic carbocycles. The highest BCUT2D eigenvalue weighted by atomic mass is 35.5. The molecule has 1 heterocycles. The summed E-state index contributed by atoms with van der Waals surface area (Å²) in [6.07, 6.45) is 0.831. The Morgan fingerprint density at radius 3 is 2.75 bits per heavy atom. The Morgan fingerprint density at radius 2 is 2.10 bits per heavy atom. The van der Waals surface area contributed by atoms with E-state index in [0.29, 0.717) is 22.3 Å². The third-order valence-electron chi connectivity index (χ3n) is 2.67. The van der Waals surface area contributed by atoms with Gasteiger partial charge in [-0.15, -0.1) is 5.10 Å². The number of hydrogen-bond acceptors (Lipinski definition) is 4. The van der Waals surface area contributed by atoms with Crippen LogP contribution in [0, 0.1) is 0 Å². The van der Waals surface area contributed by atoms with E-state index in [1.807, 2.05) is 6.92 Å². The smallest absolute Gasteiger partial charge is 0.293 e. The van der Waals surface area contributed by atoms with E-state index in [1.54, 1.807) is 28.8 Å². The number of Topliss-reactive ketones (excluding diaryl/α,β-unsaturated/α-hetero) is 1. The fourth-order valence-corrected chi connectivity index (χ4v) is 2.68. The molecule has 20 heavy (non-hydrogen) atoms. The highest BCUT2D eigenvalue weighted by molar-refractivity contribution is 7.99. The average molecular weight is 312 g/mol. The SMILES string of the molecule is CCCn1c(SCC(=O)c2ccc(Cl)cc2)n[nH]c1=O. The van der Waals surface area contributed by atoms with Gasteiger partial charge in [0.1, 0.15) is 0 Å². The van der Waals surface area contributed by atoms with E-state index in [0.717, 1.165) is 6.42 Å². The first-order valence-electron chi connectivity index (χ1n) is 6.18. The summed E-state index contributed by atoms with van der Waals surface area (Å²) in [7, 11) is 0. The molecular formula is C13H14ClN3O2S. The summed E-state index contributed by atoms with van der Waals surface area (Å²) in [6, 6.07) is 6.74. The lowest BCUT2D eigenvalue weighted by Gasteiger charge is -2.03. The summed E-state index contributed by atoms with van der Waals surface area (Å²) in [4.78, 5) is 23.5. The Balaban J connectivity index is 2.03. The van der Waals surface area contributed by atoms with Crippen LogP contribution in [0.3, 0.4) is 0 Å². The Labute approximate surface area is 125 Å². The lowest BCUT2D eigenvalue weighted by molar-refractivity contribution is 0.102. The number of halogens is 1. The molecule has 0 bridgehead atoms. The van der Waals surface area contributed by atoms with Gasteiger partial charge in [0.05, 0.1) is 5.75 Å². The number of ketones is 1. The number of carbonyl (C=O) groups is 1. The van der Waals surface area contributed by atoms with E-state index in [2.05, 4.69) is 10.2 Å². The number of H-pyrrole nitrogens is 1. The predicted octanol–water partition coefficient (Wildman–Crippen LogP) is 2.61. The van der Waals surface area contributed by atoms with Crippen molar-refractivity contribution >= 4 is 29.1 Å². The van der Waals surface area contributed by atoms with Crippen LogP contribution in [0.1, 0.15) is 23.7 Å². The Hall–Kier alpha value is -1.53. The van der Waals surface area contributed by atoms with Crippen LogP contribution >= 0.6 is 23.4 Å². The molecule has 7 heteroatoms. The van der Waals surface area contributed by atoms with Gasteiger partial charge in [-0.05, 0) is 30.7 Å². The molecule has 2 aromatic rings. The van der Waals surface area contributed by atoms with Gasteiger partial charge >= 0.3 is 5.69 Å². The average Bonchev–Trinajstić information content (AvgIpc) is 2.79. The molecule has 0 unspecified atom stereocenters. The number of aromatic nitrogens is 3. The van der Waals surface area contributed by atoms with Crippen molar-refractivity contribution in [1.82, 2.24) is 14.8 Å². The van der Waals surface area contributed by atoms with Crippen molar-refractivity contribution in [3.8, 4) is 0 Å². The van der Waals surface area contributed by atoms with Crippen molar-refractivity contribution in [1.29, 1.82) is 0 Å². The van der Waals surface area contributed by atoms with Crippen molar-refractivity contribution < 1.29 is 4.79 Å². The number of benzene rings is 1. The van der Waals surface area contributed by atoms with Crippen molar-refractivity contribution in [2.45, 2.75) is 25.0 Å². The molecule has 0 saturated heterocycles. The normalized spacial score (nSPS) is 10.7. The third-order valence-corrected chi connectivity index (χ3v) is 3.90. The number of aromatic amines is 1. The van der Waals surface area contributed by atoms with Crippen LogP contribution in [-0.4, -0.2) is 26.3 Å². The molecule has 0 fully saturated rings. The minimum Gasteiger partial charge on any atom is -0.293 e. The van der Waals surface area contributed by atoms with Crippen LogP contribution in [0.4, 0.5) is 0 Å². The fraction of sp³-hybridized carbons (Fsp3) is 0.308. The second kappa shape index (κ2) is 6.76. The van der Waals surface area contributed by atoms with Crippen LogP contribution in [0.5, 0.6) is 0 Å². The van der Waals surface area contributed by atoms with E-state index in [4.69, 9.17) is 11.6 Å². The van der Waals surface area contributed by atoms with Gasteiger partial charge in [0.15, 0.2) is 10.9 Å². The molecule has 0 amide bonds.